The third-order valence-electron chi connectivity index (χ3n) is 5.99. The molecule has 3 rings (SSSR count). The molecule has 2 saturated heterocycles. The zero-order chi connectivity index (χ0) is 20.5. The summed E-state index contributed by atoms with van der Waals surface area (Å²) in [5, 5.41) is 6.88. The molecule has 0 aromatic heterocycles. The summed E-state index contributed by atoms with van der Waals surface area (Å²) in [6.45, 7) is 11.9. The molecule has 0 amide bonds. The fourth-order valence-corrected chi connectivity index (χ4v) is 3.88. The van der Waals surface area contributed by atoms with E-state index in [1.807, 2.05) is 7.05 Å². The first-order valence-corrected chi connectivity index (χ1v) is 11.1. The van der Waals surface area contributed by atoms with E-state index in [0.717, 1.165) is 62.5 Å². The molecule has 1 atom stereocenters. The lowest BCUT2D eigenvalue weighted by molar-refractivity contribution is 0.166. The molecule has 162 valence electrons. The van der Waals surface area contributed by atoms with Crippen molar-refractivity contribution in [3.63, 3.8) is 0 Å². The lowest BCUT2D eigenvalue weighted by atomic mass is 9.99. The highest BCUT2D eigenvalue weighted by Gasteiger charge is 2.17. The summed E-state index contributed by atoms with van der Waals surface area (Å²) in [4.78, 5) is 6.91. The van der Waals surface area contributed by atoms with Gasteiger partial charge >= 0.3 is 0 Å². The van der Waals surface area contributed by atoms with Crippen LogP contribution in [0.25, 0.3) is 0 Å². The van der Waals surface area contributed by atoms with Gasteiger partial charge in [0, 0.05) is 44.8 Å². The molecule has 2 fully saturated rings. The molecule has 2 N–H and O–H groups in total. The number of piperidine rings is 1. The molecule has 1 unspecified atom stereocenters. The van der Waals surface area contributed by atoms with Crippen molar-refractivity contribution >= 4 is 5.96 Å². The van der Waals surface area contributed by atoms with Crippen molar-refractivity contribution in [1.29, 1.82) is 0 Å². The van der Waals surface area contributed by atoms with E-state index >= 15 is 0 Å². The van der Waals surface area contributed by atoms with E-state index in [1.54, 1.807) is 0 Å². The number of benzene rings is 1. The lowest BCUT2D eigenvalue weighted by Gasteiger charge is -2.30. The van der Waals surface area contributed by atoms with Gasteiger partial charge < -0.3 is 25.0 Å². The van der Waals surface area contributed by atoms with Crippen molar-refractivity contribution < 1.29 is 9.47 Å². The van der Waals surface area contributed by atoms with Gasteiger partial charge in [0.15, 0.2) is 5.96 Å². The number of nitrogens with zero attached hydrogens (tertiary/aromatic N) is 2. The van der Waals surface area contributed by atoms with Gasteiger partial charge in [-0.15, -0.1) is 0 Å². The SMILES string of the molecule is CN=C(NCCN1CCC(C)CC1)NCc1ccc(C)cc1OCC1CCOC1. The molecule has 2 aliphatic heterocycles. The zero-order valence-electron chi connectivity index (χ0n) is 18.4. The second-order valence-corrected chi connectivity index (χ2v) is 8.53. The standard InChI is InChI=1S/C23H38N4O2/c1-18-6-10-27(11-7-18)12-9-25-23(24-3)26-15-21-5-4-19(2)14-22(21)29-17-20-8-13-28-16-20/h4-5,14,18,20H,6-13,15-17H2,1-3H3,(H2,24,25,26). The van der Waals surface area contributed by atoms with Crippen molar-refractivity contribution in [2.24, 2.45) is 16.8 Å². The molecule has 1 aromatic carbocycles. The number of ether oxygens (including phenoxy) is 2. The molecule has 0 bridgehead atoms. The van der Waals surface area contributed by atoms with E-state index in [2.05, 4.69) is 52.6 Å². The smallest absolute Gasteiger partial charge is 0.191 e. The zero-order valence-corrected chi connectivity index (χ0v) is 18.4. The number of aryl methyl sites for hydroxylation is 1. The molecule has 2 heterocycles. The summed E-state index contributed by atoms with van der Waals surface area (Å²) in [5.41, 5.74) is 2.37. The van der Waals surface area contributed by atoms with Crippen LogP contribution in [-0.4, -0.2) is 63.9 Å². The summed E-state index contributed by atoms with van der Waals surface area (Å²) in [6.07, 6.45) is 3.72. The van der Waals surface area contributed by atoms with E-state index in [-0.39, 0.29) is 0 Å². The Morgan fingerprint density at radius 2 is 2.07 bits per heavy atom. The minimum absolute atomic E-state index is 0.503. The Kier molecular flexibility index (Phi) is 8.62. The Hall–Kier alpha value is -1.79. The summed E-state index contributed by atoms with van der Waals surface area (Å²) >= 11 is 0. The first kappa shape index (κ1) is 21.9. The minimum Gasteiger partial charge on any atom is -0.493 e. The molecule has 2 aliphatic rings. The highest BCUT2D eigenvalue weighted by molar-refractivity contribution is 5.79. The Morgan fingerprint density at radius 3 is 2.79 bits per heavy atom. The van der Waals surface area contributed by atoms with Gasteiger partial charge in [0.2, 0.25) is 0 Å². The van der Waals surface area contributed by atoms with Gasteiger partial charge in [0.25, 0.3) is 0 Å². The third-order valence-corrected chi connectivity index (χ3v) is 5.99. The lowest BCUT2D eigenvalue weighted by Crippen LogP contribution is -2.43. The van der Waals surface area contributed by atoms with Crippen LogP contribution in [-0.2, 0) is 11.3 Å². The second-order valence-electron chi connectivity index (χ2n) is 8.53. The quantitative estimate of drug-likeness (QED) is 0.517. The normalized spacial score (nSPS) is 21.3. The van der Waals surface area contributed by atoms with Crippen molar-refractivity contribution in [3.8, 4) is 5.75 Å². The molecule has 0 spiro atoms. The minimum atomic E-state index is 0.503. The number of aliphatic imine (C=N–C) groups is 1. The molecule has 0 saturated carbocycles. The second kappa shape index (κ2) is 11.4. The molecule has 6 heteroatoms. The largest absolute Gasteiger partial charge is 0.493 e. The molecule has 0 radical (unpaired) electrons. The highest BCUT2D eigenvalue weighted by atomic mass is 16.5. The number of hydrogen-bond donors (Lipinski definition) is 2. The van der Waals surface area contributed by atoms with E-state index < -0.39 is 0 Å². The van der Waals surface area contributed by atoms with Crippen LogP contribution in [0.2, 0.25) is 0 Å². The number of rotatable bonds is 8. The molecular weight excluding hydrogens is 364 g/mol. The Morgan fingerprint density at radius 1 is 1.24 bits per heavy atom. The monoisotopic (exact) mass is 402 g/mol. The first-order chi connectivity index (χ1) is 14.1. The number of hydrogen-bond acceptors (Lipinski definition) is 4. The van der Waals surface area contributed by atoms with Crippen LogP contribution in [0.3, 0.4) is 0 Å². The van der Waals surface area contributed by atoms with Gasteiger partial charge in [-0.3, -0.25) is 4.99 Å². The van der Waals surface area contributed by atoms with Crippen LogP contribution in [0, 0.1) is 18.8 Å². The summed E-state index contributed by atoms with van der Waals surface area (Å²) in [6, 6.07) is 6.40. The maximum atomic E-state index is 6.15. The van der Waals surface area contributed by atoms with Gasteiger partial charge in [-0.1, -0.05) is 19.1 Å². The maximum absolute atomic E-state index is 6.15. The van der Waals surface area contributed by atoms with Crippen LogP contribution < -0.4 is 15.4 Å². The van der Waals surface area contributed by atoms with Gasteiger partial charge in [-0.2, -0.15) is 0 Å². The third kappa shape index (κ3) is 7.19. The van der Waals surface area contributed by atoms with Gasteiger partial charge in [0.05, 0.1) is 13.2 Å². The van der Waals surface area contributed by atoms with E-state index in [0.29, 0.717) is 12.5 Å². The number of likely N-dealkylation sites (tertiary alicyclic amines) is 1. The first-order valence-electron chi connectivity index (χ1n) is 11.1. The van der Waals surface area contributed by atoms with E-state index in [4.69, 9.17) is 9.47 Å². The summed E-state index contributed by atoms with van der Waals surface area (Å²) in [7, 11) is 1.82. The van der Waals surface area contributed by atoms with E-state index in [1.165, 1.54) is 31.5 Å². The molecule has 6 nitrogen and oxygen atoms in total. The van der Waals surface area contributed by atoms with Crippen LogP contribution in [0.5, 0.6) is 5.75 Å². The average Bonchev–Trinajstić information content (AvgIpc) is 3.25. The van der Waals surface area contributed by atoms with Crippen molar-refractivity contribution in [1.82, 2.24) is 15.5 Å². The van der Waals surface area contributed by atoms with Gasteiger partial charge in [-0.25, -0.2) is 0 Å². The average molecular weight is 403 g/mol. The highest BCUT2D eigenvalue weighted by Crippen LogP contribution is 2.22. The molecule has 1 aromatic rings. The van der Waals surface area contributed by atoms with Crippen LogP contribution >= 0.6 is 0 Å². The van der Waals surface area contributed by atoms with Crippen molar-refractivity contribution in [3.05, 3.63) is 29.3 Å². The van der Waals surface area contributed by atoms with Crippen LogP contribution in [0.15, 0.2) is 23.2 Å². The fourth-order valence-electron chi connectivity index (χ4n) is 3.88. The van der Waals surface area contributed by atoms with Crippen molar-refractivity contribution in [2.45, 2.75) is 39.7 Å². The summed E-state index contributed by atoms with van der Waals surface area (Å²) < 4.78 is 11.6. The van der Waals surface area contributed by atoms with Gasteiger partial charge in [-0.05, 0) is 56.8 Å². The number of nitrogens with one attached hydrogen (secondary N) is 2. The topological polar surface area (TPSA) is 58.1 Å². The molecular formula is C23H38N4O2. The predicted octanol–water partition coefficient (Wildman–Crippen LogP) is 2.81. The molecule has 29 heavy (non-hydrogen) atoms. The van der Waals surface area contributed by atoms with Crippen molar-refractivity contribution in [2.75, 3.05) is 53.0 Å². The van der Waals surface area contributed by atoms with E-state index in [9.17, 15) is 0 Å². The molecule has 0 aliphatic carbocycles. The van der Waals surface area contributed by atoms with Crippen LogP contribution in [0.4, 0.5) is 0 Å². The number of guanidine groups is 1. The summed E-state index contributed by atoms with van der Waals surface area (Å²) in [5.74, 6) is 3.18. The fraction of sp³-hybridized carbons (Fsp3) is 0.696. The Labute approximate surface area is 176 Å². The maximum Gasteiger partial charge on any atom is 0.191 e. The Balaban J connectivity index is 1.44. The Bertz CT molecular complexity index is 650. The van der Waals surface area contributed by atoms with Crippen LogP contribution in [0.1, 0.15) is 37.3 Å². The predicted molar refractivity (Wildman–Crippen MR) is 119 cm³/mol. The van der Waals surface area contributed by atoms with Gasteiger partial charge in [0.1, 0.15) is 5.75 Å².